The maximum atomic E-state index is 11.1. The number of esters is 1. The molecule has 0 radical (unpaired) electrons. The summed E-state index contributed by atoms with van der Waals surface area (Å²) >= 11 is 0. The van der Waals surface area contributed by atoms with Crippen LogP contribution >= 0.6 is 0 Å². The van der Waals surface area contributed by atoms with E-state index in [0.717, 1.165) is 6.42 Å². The summed E-state index contributed by atoms with van der Waals surface area (Å²) < 4.78 is 4.79. The van der Waals surface area contributed by atoms with Crippen molar-refractivity contribution in [2.75, 3.05) is 6.61 Å². The molecule has 0 aliphatic carbocycles. The Morgan fingerprint density at radius 3 is 2.50 bits per heavy atom. The van der Waals surface area contributed by atoms with Crippen LogP contribution in [0.15, 0.2) is 0 Å². The molecule has 0 saturated heterocycles. The van der Waals surface area contributed by atoms with Crippen LogP contribution in [0.1, 0.15) is 47.0 Å². The average Bonchev–Trinajstić information content (AvgIpc) is 2.00. The van der Waals surface area contributed by atoms with Crippen LogP contribution in [-0.2, 0) is 9.53 Å². The molecule has 3 heteroatoms. The fourth-order valence-electron chi connectivity index (χ4n) is 1.21. The minimum atomic E-state index is -0.920. The summed E-state index contributed by atoms with van der Waals surface area (Å²) in [6.45, 7) is 8.02. The highest BCUT2D eigenvalue weighted by Crippen LogP contribution is 2.20. The first kappa shape index (κ1) is 13.4. The quantitative estimate of drug-likeness (QED) is 0.671. The molecule has 0 aliphatic heterocycles. The monoisotopic (exact) mass is 202 g/mol. The molecule has 0 aromatic rings. The van der Waals surface area contributed by atoms with Crippen LogP contribution in [0.25, 0.3) is 0 Å². The van der Waals surface area contributed by atoms with E-state index >= 15 is 0 Å². The zero-order valence-corrected chi connectivity index (χ0v) is 9.67. The maximum absolute atomic E-state index is 11.1. The lowest BCUT2D eigenvalue weighted by molar-refractivity contribution is -0.148. The van der Waals surface area contributed by atoms with Crippen molar-refractivity contribution in [3.05, 3.63) is 0 Å². The molecule has 0 aliphatic rings. The predicted molar refractivity (Wildman–Crippen MR) is 55.9 cm³/mol. The summed E-state index contributed by atoms with van der Waals surface area (Å²) in [7, 11) is 0. The lowest BCUT2D eigenvalue weighted by atomic mass is 9.92. The maximum Gasteiger partial charge on any atom is 0.308 e. The van der Waals surface area contributed by atoms with Gasteiger partial charge in [0.15, 0.2) is 0 Å². The van der Waals surface area contributed by atoms with Gasteiger partial charge in [-0.2, -0.15) is 0 Å². The van der Waals surface area contributed by atoms with Crippen LogP contribution in [0, 0.1) is 5.92 Å². The van der Waals surface area contributed by atoms with Gasteiger partial charge < -0.3 is 9.84 Å². The van der Waals surface area contributed by atoms with Gasteiger partial charge in [0.05, 0.1) is 18.6 Å². The number of hydrogen-bond donors (Lipinski definition) is 1. The van der Waals surface area contributed by atoms with Gasteiger partial charge in [0.25, 0.3) is 0 Å². The molecule has 0 aromatic heterocycles. The van der Waals surface area contributed by atoms with Gasteiger partial charge in [0.1, 0.15) is 0 Å². The van der Waals surface area contributed by atoms with Crippen molar-refractivity contribution >= 4 is 5.97 Å². The zero-order valence-electron chi connectivity index (χ0n) is 9.67. The Hall–Kier alpha value is -0.570. The van der Waals surface area contributed by atoms with Crippen molar-refractivity contribution in [1.29, 1.82) is 0 Å². The van der Waals surface area contributed by atoms with Crippen molar-refractivity contribution < 1.29 is 14.6 Å². The second-order valence-electron chi connectivity index (χ2n) is 4.41. The highest BCUT2D eigenvalue weighted by molar-refractivity contribution is 5.70. The van der Waals surface area contributed by atoms with Gasteiger partial charge in [0, 0.05) is 0 Å². The SMILES string of the molecule is CCOC(=O)CC(C)(O)CCC(C)C. The summed E-state index contributed by atoms with van der Waals surface area (Å²) in [6.07, 6.45) is 1.66. The standard InChI is InChI=1S/C11H22O3/c1-5-14-10(12)8-11(4,13)7-6-9(2)3/h9,13H,5-8H2,1-4H3. The van der Waals surface area contributed by atoms with E-state index in [0.29, 0.717) is 18.9 Å². The van der Waals surface area contributed by atoms with Gasteiger partial charge in [0.2, 0.25) is 0 Å². The highest BCUT2D eigenvalue weighted by atomic mass is 16.5. The van der Waals surface area contributed by atoms with E-state index in [1.807, 2.05) is 0 Å². The third kappa shape index (κ3) is 6.89. The molecular weight excluding hydrogens is 180 g/mol. The second kappa shape index (κ2) is 6.02. The summed E-state index contributed by atoms with van der Waals surface area (Å²) in [6, 6.07) is 0. The van der Waals surface area contributed by atoms with Crippen LogP contribution in [0.3, 0.4) is 0 Å². The first-order valence-corrected chi connectivity index (χ1v) is 5.25. The Balaban J connectivity index is 3.87. The Bertz CT molecular complexity index is 173. The zero-order chi connectivity index (χ0) is 11.2. The van der Waals surface area contributed by atoms with E-state index in [9.17, 15) is 9.90 Å². The Kier molecular flexibility index (Phi) is 5.77. The highest BCUT2D eigenvalue weighted by Gasteiger charge is 2.24. The molecule has 0 rings (SSSR count). The molecule has 1 atom stereocenters. The summed E-state index contributed by atoms with van der Waals surface area (Å²) in [5, 5.41) is 9.86. The molecular formula is C11H22O3. The van der Waals surface area contributed by atoms with Crippen molar-refractivity contribution in [1.82, 2.24) is 0 Å². The van der Waals surface area contributed by atoms with Crippen molar-refractivity contribution in [2.24, 2.45) is 5.92 Å². The third-order valence-corrected chi connectivity index (χ3v) is 2.09. The number of hydrogen-bond acceptors (Lipinski definition) is 3. The molecule has 1 N–H and O–H groups in total. The number of carbonyl (C=O) groups excluding carboxylic acids is 1. The molecule has 1 unspecified atom stereocenters. The van der Waals surface area contributed by atoms with Crippen LogP contribution in [-0.4, -0.2) is 23.3 Å². The van der Waals surface area contributed by atoms with E-state index in [-0.39, 0.29) is 12.4 Å². The van der Waals surface area contributed by atoms with Crippen LogP contribution in [0.2, 0.25) is 0 Å². The normalized spacial score (nSPS) is 15.3. The van der Waals surface area contributed by atoms with Crippen molar-refractivity contribution in [2.45, 2.75) is 52.6 Å². The fourth-order valence-corrected chi connectivity index (χ4v) is 1.21. The minimum absolute atomic E-state index is 0.0908. The number of aliphatic hydroxyl groups is 1. The van der Waals surface area contributed by atoms with Gasteiger partial charge in [-0.05, 0) is 32.6 Å². The Labute approximate surface area is 86.5 Å². The van der Waals surface area contributed by atoms with Gasteiger partial charge in [-0.15, -0.1) is 0 Å². The van der Waals surface area contributed by atoms with E-state index in [1.54, 1.807) is 13.8 Å². The number of carbonyl (C=O) groups is 1. The molecule has 0 spiro atoms. The topological polar surface area (TPSA) is 46.5 Å². The lowest BCUT2D eigenvalue weighted by Crippen LogP contribution is -2.29. The van der Waals surface area contributed by atoms with Gasteiger partial charge >= 0.3 is 5.97 Å². The summed E-state index contributed by atoms with van der Waals surface area (Å²) in [5.41, 5.74) is -0.920. The Morgan fingerprint density at radius 2 is 2.07 bits per heavy atom. The summed E-state index contributed by atoms with van der Waals surface area (Å²) in [4.78, 5) is 11.1. The molecule has 0 amide bonds. The smallest absolute Gasteiger partial charge is 0.308 e. The van der Waals surface area contributed by atoms with Crippen LogP contribution in [0.5, 0.6) is 0 Å². The van der Waals surface area contributed by atoms with Gasteiger partial charge in [-0.25, -0.2) is 0 Å². The Morgan fingerprint density at radius 1 is 1.50 bits per heavy atom. The number of ether oxygens (including phenoxy) is 1. The number of rotatable bonds is 6. The van der Waals surface area contributed by atoms with Crippen molar-refractivity contribution in [3.63, 3.8) is 0 Å². The predicted octanol–water partition coefficient (Wildman–Crippen LogP) is 2.13. The average molecular weight is 202 g/mol. The lowest BCUT2D eigenvalue weighted by Gasteiger charge is -2.22. The first-order chi connectivity index (χ1) is 6.37. The van der Waals surface area contributed by atoms with Crippen molar-refractivity contribution in [3.8, 4) is 0 Å². The van der Waals surface area contributed by atoms with E-state index in [1.165, 1.54) is 0 Å². The molecule has 0 aromatic carbocycles. The molecule has 0 bridgehead atoms. The van der Waals surface area contributed by atoms with Gasteiger partial charge in [-0.1, -0.05) is 13.8 Å². The molecule has 84 valence electrons. The van der Waals surface area contributed by atoms with E-state index in [2.05, 4.69) is 13.8 Å². The summed E-state index contributed by atoms with van der Waals surface area (Å²) in [5.74, 6) is 0.227. The molecule has 3 nitrogen and oxygen atoms in total. The molecule has 14 heavy (non-hydrogen) atoms. The van der Waals surface area contributed by atoms with E-state index in [4.69, 9.17) is 4.74 Å². The molecule has 0 heterocycles. The molecule has 0 saturated carbocycles. The van der Waals surface area contributed by atoms with Crippen LogP contribution in [0.4, 0.5) is 0 Å². The van der Waals surface area contributed by atoms with E-state index < -0.39 is 5.60 Å². The van der Waals surface area contributed by atoms with Gasteiger partial charge in [-0.3, -0.25) is 4.79 Å². The fraction of sp³-hybridized carbons (Fsp3) is 0.909. The molecule has 0 fully saturated rings. The third-order valence-electron chi connectivity index (χ3n) is 2.09. The largest absolute Gasteiger partial charge is 0.466 e. The minimum Gasteiger partial charge on any atom is -0.466 e. The second-order valence-corrected chi connectivity index (χ2v) is 4.41. The first-order valence-electron chi connectivity index (χ1n) is 5.25. The van der Waals surface area contributed by atoms with Crippen LogP contribution < -0.4 is 0 Å².